The molecule has 0 spiro atoms. The zero-order chi connectivity index (χ0) is 24.0. The van der Waals surface area contributed by atoms with Gasteiger partial charge in [0.1, 0.15) is 0 Å². The van der Waals surface area contributed by atoms with Crippen molar-refractivity contribution in [2.24, 2.45) is 0 Å². The van der Waals surface area contributed by atoms with E-state index in [9.17, 15) is 22.8 Å². The van der Waals surface area contributed by atoms with E-state index in [-0.39, 0.29) is 16.5 Å². The van der Waals surface area contributed by atoms with Gasteiger partial charge >= 0.3 is 6.18 Å². The quantitative estimate of drug-likeness (QED) is 0.293. The van der Waals surface area contributed by atoms with E-state index < -0.39 is 23.6 Å². The second-order valence-corrected chi connectivity index (χ2v) is 8.20. The Morgan fingerprint density at radius 1 is 0.971 bits per heavy atom. The number of carbonyl (C=O) groups excluding carboxylic acids is 2. The fourth-order valence-electron chi connectivity index (χ4n) is 4.53. The Morgan fingerprint density at radius 3 is 2.44 bits per heavy atom. The third-order valence-corrected chi connectivity index (χ3v) is 6.09. The van der Waals surface area contributed by atoms with Crippen molar-refractivity contribution < 1.29 is 22.8 Å². The minimum Gasteiger partial charge on any atom is -0.361 e. The van der Waals surface area contributed by atoms with Crippen molar-refractivity contribution in [2.45, 2.75) is 19.1 Å². The van der Waals surface area contributed by atoms with E-state index in [1.165, 1.54) is 6.07 Å². The van der Waals surface area contributed by atoms with Crippen LogP contribution in [0.25, 0.3) is 33.0 Å². The summed E-state index contributed by atoms with van der Waals surface area (Å²) in [7, 11) is 1.82. The van der Waals surface area contributed by atoms with Crippen LogP contribution in [0.1, 0.15) is 23.1 Å². The van der Waals surface area contributed by atoms with Crippen LogP contribution >= 0.6 is 0 Å². The number of alkyl halides is 3. The molecular formula is C25H21F3N4O2. The van der Waals surface area contributed by atoms with Crippen LogP contribution in [0.2, 0.25) is 0 Å². The van der Waals surface area contributed by atoms with Gasteiger partial charge in [0.05, 0.1) is 16.7 Å². The number of amides is 2. The normalized spacial score (nSPS) is 14.6. The lowest BCUT2D eigenvalue weighted by Crippen LogP contribution is -2.22. The summed E-state index contributed by atoms with van der Waals surface area (Å²) in [6.07, 6.45) is -0.490. The van der Waals surface area contributed by atoms with Gasteiger partial charge in [0.2, 0.25) is 0 Å². The Bertz CT molecular complexity index is 1480. The predicted octanol–water partition coefficient (Wildman–Crippen LogP) is 4.32. The van der Waals surface area contributed by atoms with Crippen molar-refractivity contribution in [3.8, 4) is 0 Å². The summed E-state index contributed by atoms with van der Waals surface area (Å²) in [6, 6.07) is 10.8. The number of H-pyrrole nitrogens is 1. The Labute approximate surface area is 192 Å². The number of aryl methyl sites for hydroxylation is 1. The maximum Gasteiger partial charge on any atom is 0.416 e. The molecule has 9 heteroatoms. The molecule has 0 atom stereocenters. The number of carbonyl (C=O) groups is 2. The zero-order valence-corrected chi connectivity index (χ0v) is 18.2. The van der Waals surface area contributed by atoms with Gasteiger partial charge in [-0.2, -0.15) is 13.2 Å². The third-order valence-electron chi connectivity index (χ3n) is 6.09. The number of rotatable bonds is 6. The highest BCUT2D eigenvalue weighted by Gasteiger charge is 2.36. The molecule has 5 rings (SSSR count). The Hall–Kier alpha value is -3.85. The second-order valence-electron chi connectivity index (χ2n) is 8.20. The van der Waals surface area contributed by atoms with E-state index >= 15 is 0 Å². The molecule has 0 bridgehead atoms. The van der Waals surface area contributed by atoms with Crippen LogP contribution in [-0.2, 0) is 22.3 Å². The number of imide groups is 1. The molecule has 0 unspecified atom stereocenters. The summed E-state index contributed by atoms with van der Waals surface area (Å²) < 4.78 is 42.4. The summed E-state index contributed by atoms with van der Waals surface area (Å²) in [5.41, 5.74) is 1.59. The predicted molar refractivity (Wildman–Crippen MR) is 124 cm³/mol. The number of aromatic nitrogens is 2. The number of para-hydroxylation sites is 1. The number of nitrogens with one attached hydrogen (secondary N) is 3. The van der Waals surface area contributed by atoms with Crippen molar-refractivity contribution in [3.63, 3.8) is 0 Å². The molecule has 174 valence electrons. The Balaban J connectivity index is 1.78. The van der Waals surface area contributed by atoms with Gasteiger partial charge in [0.25, 0.3) is 11.8 Å². The Kier molecular flexibility index (Phi) is 5.28. The van der Waals surface area contributed by atoms with Crippen LogP contribution in [0.4, 0.5) is 13.2 Å². The molecule has 3 N–H and O–H groups in total. The van der Waals surface area contributed by atoms with Crippen LogP contribution in [0.15, 0.2) is 54.9 Å². The molecule has 2 aromatic heterocycles. The van der Waals surface area contributed by atoms with E-state index in [1.54, 1.807) is 12.4 Å². The van der Waals surface area contributed by atoms with Crippen LogP contribution in [-0.4, -0.2) is 35.0 Å². The maximum absolute atomic E-state index is 13.5. The highest BCUT2D eigenvalue weighted by atomic mass is 19.4. The smallest absolute Gasteiger partial charge is 0.361 e. The molecule has 3 heterocycles. The molecule has 4 aromatic rings. The van der Waals surface area contributed by atoms with E-state index in [2.05, 4.69) is 15.6 Å². The first kappa shape index (κ1) is 22.0. The second kappa shape index (κ2) is 8.18. The van der Waals surface area contributed by atoms with Crippen molar-refractivity contribution in [1.82, 2.24) is 20.2 Å². The topological polar surface area (TPSA) is 78.9 Å². The minimum atomic E-state index is -4.54. The van der Waals surface area contributed by atoms with Gasteiger partial charge in [-0.15, -0.1) is 0 Å². The van der Waals surface area contributed by atoms with Crippen LogP contribution < -0.4 is 10.6 Å². The van der Waals surface area contributed by atoms with Gasteiger partial charge in [-0.3, -0.25) is 14.9 Å². The van der Waals surface area contributed by atoms with Crippen molar-refractivity contribution in [1.29, 1.82) is 0 Å². The van der Waals surface area contributed by atoms with Gasteiger partial charge in [0, 0.05) is 51.9 Å². The highest BCUT2D eigenvalue weighted by molar-refractivity contribution is 6.50. The number of fused-ring (bicyclic) bond motifs is 2. The van der Waals surface area contributed by atoms with E-state index in [4.69, 9.17) is 0 Å². The average molecular weight is 466 g/mol. The maximum atomic E-state index is 13.5. The van der Waals surface area contributed by atoms with E-state index in [1.807, 2.05) is 35.9 Å². The fourth-order valence-corrected chi connectivity index (χ4v) is 4.53. The standard InChI is InChI=1S/C25H21F3N4O2/c1-29-9-4-10-32-13-18(16-11-14(25(26,27)28)7-8-20(16)32)22-21(23(33)31-24(22)34)17-12-30-19-6-3-2-5-15(17)19/h2-3,5-8,11-13,29-30H,4,9-10H2,1H3,(H,31,33,34). The van der Waals surface area contributed by atoms with Gasteiger partial charge in [-0.05, 0) is 44.3 Å². The van der Waals surface area contributed by atoms with Gasteiger partial charge < -0.3 is 14.9 Å². The monoisotopic (exact) mass is 466 g/mol. The first-order chi connectivity index (χ1) is 16.3. The lowest BCUT2D eigenvalue weighted by molar-refractivity contribution is -0.137. The molecule has 1 aliphatic rings. The first-order valence-electron chi connectivity index (χ1n) is 10.8. The Morgan fingerprint density at radius 2 is 1.71 bits per heavy atom. The first-order valence-corrected chi connectivity index (χ1v) is 10.8. The van der Waals surface area contributed by atoms with Gasteiger partial charge in [0.15, 0.2) is 0 Å². The molecule has 2 aromatic carbocycles. The molecular weight excluding hydrogens is 445 g/mol. The fraction of sp³-hybridized carbons (Fsp3) is 0.200. The molecule has 0 radical (unpaired) electrons. The van der Waals surface area contributed by atoms with Gasteiger partial charge in [-0.1, -0.05) is 18.2 Å². The summed E-state index contributed by atoms with van der Waals surface area (Å²) in [4.78, 5) is 29.0. The van der Waals surface area contributed by atoms with Gasteiger partial charge in [-0.25, -0.2) is 0 Å². The number of hydrogen-bond donors (Lipinski definition) is 3. The lowest BCUT2D eigenvalue weighted by atomic mass is 9.95. The molecule has 0 fully saturated rings. The average Bonchev–Trinajstić information content (AvgIpc) is 3.46. The molecule has 6 nitrogen and oxygen atoms in total. The number of hydrogen-bond acceptors (Lipinski definition) is 3. The van der Waals surface area contributed by atoms with Crippen molar-refractivity contribution >= 4 is 44.8 Å². The van der Waals surface area contributed by atoms with Crippen molar-refractivity contribution in [2.75, 3.05) is 13.6 Å². The molecule has 0 saturated carbocycles. The lowest BCUT2D eigenvalue weighted by Gasteiger charge is -2.09. The van der Waals surface area contributed by atoms with E-state index in [0.29, 0.717) is 23.2 Å². The summed E-state index contributed by atoms with van der Waals surface area (Å²) >= 11 is 0. The largest absolute Gasteiger partial charge is 0.416 e. The van der Waals surface area contributed by atoms with Crippen LogP contribution in [0.3, 0.4) is 0 Å². The molecule has 2 amide bonds. The minimum absolute atomic E-state index is 0.0754. The molecule has 34 heavy (non-hydrogen) atoms. The van der Waals surface area contributed by atoms with Crippen LogP contribution in [0.5, 0.6) is 0 Å². The van der Waals surface area contributed by atoms with Crippen LogP contribution in [0, 0.1) is 0 Å². The highest BCUT2D eigenvalue weighted by Crippen LogP contribution is 2.40. The molecule has 0 saturated heterocycles. The zero-order valence-electron chi connectivity index (χ0n) is 18.2. The van der Waals surface area contributed by atoms with Crippen molar-refractivity contribution in [3.05, 3.63) is 71.5 Å². The number of aromatic amines is 1. The molecule has 1 aliphatic heterocycles. The SMILES string of the molecule is CNCCCn1cc(C2=C(c3c[nH]c4ccccc34)C(=O)NC2=O)c2cc(C(F)(F)F)ccc21. The number of halogens is 3. The number of nitrogens with zero attached hydrogens (tertiary/aromatic N) is 1. The summed E-state index contributed by atoms with van der Waals surface area (Å²) in [6.45, 7) is 1.26. The summed E-state index contributed by atoms with van der Waals surface area (Å²) in [5, 5.41) is 6.40. The van der Waals surface area contributed by atoms with E-state index in [0.717, 1.165) is 36.0 Å². The third kappa shape index (κ3) is 3.58. The number of benzene rings is 2. The summed E-state index contributed by atoms with van der Waals surface area (Å²) in [5.74, 6) is -1.20. The molecule has 0 aliphatic carbocycles.